The first kappa shape index (κ1) is 11.9. The first-order valence-electron chi connectivity index (χ1n) is 6.50. The molecule has 2 fully saturated rings. The van der Waals surface area contributed by atoms with Crippen LogP contribution in [-0.2, 0) is 4.79 Å². The Morgan fingerprint density at radius 1 is 1.50 bits per heavy atom. The molecule has 0 bridgehead atoms. The summed E-state index contributed by atoms with van der Waals surface area (Å²) in [7, 11) is 0. The molecular formula is C13H23NO2. The van der Waals surface area contributed by atoms with Gasteiger partial charge in [0, 0.05) is 13.1 Å². The Labute approximate surface area is 97.8 Å². The van der Waals surface area contributed by atoms with E-state index in [1.54, 1.807) is 0 Å². The van der Waals surface area contributed by atoms with E-state index >= 15 is 0 Å². The molecule has 2 aliphatic rings. The fraction of sp³-hybridized carbons (Fsp3) is 0.923. The highest BCUT2D eigenvalue weighted by Gasteiger charge is 2.47. The smallest absolute Gasteiger partial charge is 0.311 e. The number of rotatable bonds is 4. The van der Waals surface area contributed by atoms with Gasteiger partial charge in [-0.3, -0.25) is 4.79 Å². The second kappa shape index (κ2) is 4.36. The lowest BCUT2D eigenvalue weighted by molar-refractivity contribution is -0.151. The Balaban J connectivity index is 1.95. The molecule has 1 aliphatic carbocycles. The second-order valence-corrected chi connectivity index (χ2v) is 5.90. The number of hydrogen-bond acceptors (Lipinski definition) is 2. The lowest BCUT2D eigenvalue weighted by Gasteiger charge is -2.32. The van der Waals surface area contributed by atoms with Crippen LogP contribution in [0.5, 0.6) is 0 Å². The van der Waals surface area contributed by atoms with E-state index in [-0.39, 0.29) is 5.92 Å². The van der Waals surface area contributed by atoms with E-state index in [0.29, 0.717) is 0 Å². The number of carboxylic acid groups (broad SMARTS) is 1. The van der Waals surface area contributed by atoms with E-state index in [4.69, 9.17) is 0 Å². The molecule has 1 N–H and O–H groups in total. The number of carboxylic acids is 1. The first-order chi connectivity index (χ1) is 7.54. The summed E-state index contributed by atoms with van der Waals surface area (Å²) >= 11 is 0. The highest BCUT2D eigenvalue weighted by atomic mass is 16.4. The van der Waals surface area contributed by atoms with Crippen molar-refractivity contribution >= 4 is 5.97 Å². The average molecular weight is 225 g/mol. The SMILES string of the molecule is CC(C)C1(C(=O)O)CCN(CC2CCC2)C1. The Bertz CT molecular complexity index is 273. The minimum absolute atomic E-state index is 0.233. The number of carbonyl (C=O) groups is 1. The molecule has 0 radical (unpaired) electrons. The monoisotopic (exact) mass is 225 g/mol. The van der Waals surface area contributed by atoms with E-state index < -0.39 is 11.4 Å². The predicted molar refractivity (Wildman–Crippen MR) is 63.3 cm³/mol. The summed E-state index contributed by atoms with van der Waals surface area (Å²) in [6.45, 7) is 6.95. The van der Waals surface area contributed by atoms with Gasteiger partial charge in [0.15, 0.2) is 0 Å². The molecule has 2 rings (SSSR count). The summed E-state index contributed by atoms with van der Waals surface area (Å²) in [6, 6.07) is 0. The third kappa shape index (κ3) is 1.97. The molecule has 1 saturated carbocycles. The van der Waals surface area contributed by atoms with Crippen LogP contribution in [0.3, 0.4) is 0 Å². The molecule has 16 heavy (non-hydrogen) atoms. The van der Waals surface area contributed by atoms with Crippen LogP contribution in [-0.4, -0.2) is 35.6 Å². The van der Waals surface area contributed by atoms with Crippen molar-refractivity contribution in [2.24, 2.45) is 17.3 Å². The van der Waals surface area contributed by atoms with Crippen LogP contribution in [0.25, 0.3) is 0 Å². The standard InChI is InChI=1S/C13H23NO2/c1-10(2)13(12(15)16)6-7-14(9-13)8-11-4-3-5-11/h10-11H,3-9H2,1-2H3,(H,15,16). The third-order valence-corrected chi connectivity index (χ3v) is 4.65. The van der Waals surface area contributed by atoms with Crippen LogP contribution in [0.1, 0.15) is 39.5 Å². The zero-order valence-corrected chi connectivity index (χ0v) is 10.4. The van der Waals surface area contributed by atoms with E-state index in [9.17, 15) is 9.90 Å². The summed E-state index contributed by atoms with van der Waals surface area (Å²) in [5.41, 5.74) is -0.482. The van der Waals surface area contributed by atoms with Gasteiger partial charge in [0.25, 0.3) is 0 Å². The Morgan fingerprint density at radius 2 is 2.19 bits per heavy atom. The Kier molecular flexibility index (Phi) is 3.24. The van der Waals surface area contributed by atoms with Gasteiger partial charge in [0.1, 0.15) is 0 Å². The lowest BCUT2D eigenvalue weighted by atomic mass is 9.76. The van der Waals surface area contributed by atoms with Crippen LogP contribution in [0.15, 0.2) is 0 Å². The van der Waals surface area contributed by atoms with Crippen molar-refractivity contribution < 1.29 is 9.90 Å². The normalized spacial score (nSPS) is 31.9. The van der Waals surface area contributed by atoms with Crippen molar-refractivity contribution in [3.05, 3.63) is 0 Å². The van der Waals surface area contributed by atoms with Crippen molar-refractivity contribution in [2.75, 3.05) is 19.6 Å². The second-order valence-electron chi connectivity index (χ2n) is 5.90. The number of nitrogens with zero attached hydrogens (tertiary/aromatic N) is 1. The summed E-state index contributed by atoms with van der Waals surface area (Å²) < 4.78 is 0. The summed E-state index contributed by atoms with van der Waals surface area (Å²) in [5, 5.41) is 9.43. The van der Waals surface area contributed by atoms with Crippen molar-refractivity contribution in [1.29, 1.82) is 0 Å². The molecule has 1 heterocycles. The van der Waals surface area contributed by atoms with E-state index in [1.165, 1.54) is 19.3 Å². The molecule has 1 unspecified atom stereocenters. The van der Waals surface area contributed by atoms with E-state index in [0.717, 1.165) is 32.0 Å². The number of likely N-dealkylation sites (tertiary alicyclic amines) is 1. The van der Waals surface area contributed by atoms with Crippen LogP contribution in [0.4, 0.5) is 0 Å². The third-order valence-electron chi connectivity index (χ3n) is 4.65. The molecule has 0 spiro atoms. The quantitative estimate of drug-likeness (QED) is 0.797. The van der Waals surface area contributed by atoms with Gasteiger partial charge >= 0.3 is 5.97 Å². The zero-order valence-electron chi connectivity index (χ0n) is 10.4. The molecule has 1 atom stereocenters. The van der Waals surface area contributed by atoms with Crippen LogP contribution >= 0.6 is 0 Å². The Hall–Kier alpha value is -0.570. The fourth-order valence-electron chi connectivity index (χ4n) is 3.00. The number of hydrogen-bond donors (Lipinski definition) is 1. The molecule has 0 aromatic heterocycles. The van der Waals surface area contributed by atoms with Gasteiger partial charge in [-0.05, 0) is 37.6 Å². The predicted octanol–water partition coefficient (Wildman–Crippen LogP) is 2.22. The molecule has 92 valence electrons. The van der Waals surface area contributed by atoms with Gasteiger partial charge in [-0.1, -0.05) is 20.3 Å². The fourth-order valence-corrected chi connectivity index (χ4v) is 3.00. The van der Waals surface area contributed by atoms with Crippen LogP contribution in [0.2, 0.25) is 0 Å². The van der Waals surface area contributed by atoms with Gasteiger partial charge in [0.05, 0.1) is 5.41 Å². The Morgan fingerprint density at radius 3 is 2.56 bits per heavy atom. The van der Waals surface area contributed by atoms with Crippen LogP contribution in [0, 0.1) is 17.3 Å². The van der Waals surface area contributed by atoms with Crippen molar-refractivity contribution in [2.45, 2.75) is 39.5 Å². The van der Waals surface area contributed by atoms with Gasteiger partial charge in [0.2, 0.25) is 0 Å². The van der Waals surface area contributed by atoms with Gasteiger partial charge < -0.3 is 10.0 Å². The highest BCUT2D eigenvalue weighted by molar-refractivity contribution is 5.75. The molecule has 0 aromatic carbocycles. The summed E-state index contributed by atoms with van der Waals surface area (Å²) in [5.74, 6) is 0.478. The van der Waals surface area contributed by atoms with Gasteiger partial charge in [-0.2, -0.15) is 0 Å². The van der Waals surface area contributed by atoms with Crippen LogP contribution < -0.4 is 0 Å². The van der Waals surface area contributed by atoms with E-state index in [2.05, 4.69) is 4.90 Å². The van der Waals surface area contributed by atoms with Crippen molar-refractivity contribution in [1.82, 2.24) is 4.90 Å². The molecule has 3 nitrogen and oxygen atoms in total. The molecule has 0 aromatic rings. The van der Waals surface area contributed by atoms with Gasteiger partial charge in [-0.15, -0.1) is 0 Å². The summed E-state index contributed by atoms with van der Waals surface area (Å²) in [4.78, 5) is 13.8. The minimum Gasteiger partial charge on any atom is -0.481 e. The molecule has 3 heteroatoms. The highest BCUT2D eigenvalue weighted by Crippen LogP contribution is 2.39. The lowest BCUT2D eigenvalue weighted by Crippen LogP contribution is -2.40. The zero-order chi connectivity index (χ0) is 11.8. The topological polar surface area (TPSA) is 40.5 Å². The maximum atomic E-state index is 11.5. The van der Waals surface area contributed by atoms with Crippen molar-refractivity contribution in [3.8, 4) is 0 Å². The molecular weight excluding hydrogens is 202 g/mol. The maximum absolute atomic E-state index is 11.5. The number of aliphatic carboxylic acids is 1. The minimum atomic E-state index is -0.599. The average Bonchev–Trinajstić information content (AvgIpc) is 2.56. The van der Waals surface area contributed by atoms with E-state index in [1.807, 2.05) is 13.8 Å². The largest absolute Gasteiger partial charge is 0.481 e. The molecule has 1 aliphatic heterocycles. The van der Waals surface area contributed by atoms with Gasteiger partial charge in [-0.25, -0.2) is 0 Å². The maximum Gasteiger partial charge on any atom is 0.311 e. The summed E-state index contributed by atoms with van der Waals surface area (Å²) in [6.07, 6.45) is 4.88. The first-order valence-corrected chi connectivity index (χ1v) is 6.50. The molecule has 0 amide bonds. The van der Waals surface area contributed by atoms with Crippen molar-refractivity contribution in [3.63, 3.8) is 0 Å². The molecule has 1 saturated heterocycles.